The van der Waals surface area contributed by atoms with Gasteiger partial charge in [0.05, 0.1) is 12.5 Å². The van der Waals surface area contributed by atoms with Crippen LogP contribution in [0.5, 0.6) is 0 Å². The molecule has 5 N–H and O–H groups in total. The highest BCUT2D eigenvalue weighted by Crippen LogP contribution is 2.20. The first-order chi connectivity index (χ1) is 10.6. The fourth-order valence-corrected chi connectivity index (χ4v) is 2.84. The van der Waals surface area contributed by atoms with Gasteiger partial charge in [0.15, 0.2) is 0 Å². The van der Waals surface area contributed by atoms with Gasteiger partial charge in [-0.25, -0.2) is 4.79 Å². The Hall–Kier alpha value is -2.08. The average molecular weight is 304 g/mol. The van der Waals surface area contributed by atoms with Crippen molar-refractivity contribution in [1.29, 1.82) is 0 Å². The Morgan fingerprint density at radius 1 is 1.41 bits per heavy atom. The van der Waals surface area contributed by atoms with Gasteiger partial charge < -0.3 is 21.7 Å². The van der Waals surface area contributed by atoms with E-state index in [0.717, 1.165) is 37.1 Å². The number of amides is 3. The quantitative estimate of drug-likeness (QED) is 0.652. The zero-order valence-corrected chi connectivity index (χ0v) is 12.9. The molecule has 0 aromatic heterocycles. The first-order valence-corrected chi connectivity index (χ1v) is 7.68. The first-order valence-electron chi connectivity index (χ1n) is 7.68. The molecule has 0 radical (unpaired) electrons. The maximum absolute atomic E-state index is 12.3. The molecule has 2 rings (SSSR count). The number of piperidine rings is 1. The van der Waals surface area contributed by atoms with Crippen LogP contribution in [0.4, 0.5) is 4.79 Å². The average Bonchev–Trinajstić information content (AvgIpc) is 2.47. The van der Waals surface area contributed by atoms with Gasteiger partial charge in [-0.15, -0.1) is 0 Å². The lowest BCUT2D eigenvalue weighted by Crippen LogP contribution is -2.46. The van der Waals surface area contributed by atoms with Crippen molar-refractivity contribution in [2.75, 3.05) is 13.1 Å². The van der Waals surface area contributed by atoms with E-state index in [1.165, 1.54) is 0 Å². The van der Waals surface area contributed by atoms with Crippen LogP contribution in [0.15, 0.2) is 24.3 Å². The Morgan fingerprint density at radius 3 is 2.82 bits per heavy atom. The third-order valence-electron chi connectivity index (χ3n) is 3.93. The molecule has 1 heterocycles. The molecule has 1 aliphatic rings. The summed E-state index contributed by atoms with van der Waals surface area (Å²) < 4.78 is 0. The molecule has 6 nitrogen and oxygen atoms in total. The maximum atomic E-state index is 12.3. The molecule has 1 aromatic carbocycles. The molecule has 3 amide bonds. The Kier molecular flexibility index (Phi) is 5.77. The van der Waals surface area contributed by atoms with Crippen molar-refractivity contribution in [3.05, 3.63) is 35.4 Å². The fourth-order valence-electron chi connectivity index (χ4n) is 2.84. The minimum absolute atomic E-state index is 0.0734. The van der Waals surface area contributed by atoms with Gasteiger partial charge in [0.25, 0.3) is 0 Å². The standard InChI is InChI=1S/C16H24N4O2/c1-11-5-2-3-7-13(11)14(20-16(17)22)9-15(21)19-12-6-4-8-18-10-12/h2-3,5,7,12,14,18H,4,6,8-10H2,1H3,(H,19,21)(H3,17,20,22)/t12-,14?/m0/s1. The molecular weight excluding hydrogens is 280 g/mol. The SMILES string of the molecule is Cc1ccccc1C(CC(=O)N[C@H]1CCCNC1)NC(N)=O. The van der Waals surface area contributed by atoms with Crippen molar-refractivity contribution < 1.29 is 9.59 Å². The van der Waals surface area contributed by atoms with Crippen molar-refractivity contribution in [1.82, 2.24) is 16.0 Å². The van der Waals surface area contributed by atoms with Crippen LogP contribution in [0.1, 0.15) is 36.4 Å². The lowest BCUT2D eigenvalue weighted by molar-refractivity contribution is -0.122. The molecule has 0 bridgehead atoms. The third-order valence-corrected chi connectivity index (χ3v) is 3.93. The molecule has 2 atom stereocenters. The van der Waals surface area contributed by atoms with Crippen LogP contribution in [0, 0.1) is 6.92 Å². The van der Waals surface area contributed by atoms with E-state index in [9.17, 15) is 9.59 Å². The maximum Gasteiger partial charge on any atom is 0.312 e. The van der Waals surface area contributed by atoms with E-state index in [1.54, 1.807) is 0 Å². The number of rotatable bonds is 5. The largest absolute Gasteiger partial charge is 0.352 e. The van der Waals surface area contributed by atoms with Crippen molar-refractivity contribution in [3.63, 3.8) is 0 Å². The smallest absolute Gasteiger partial charge is 0.312 e. The van der Waals surface area contributed by atoms with Gasteiger partial charge >= 0.3 is 6.03 Å². The third kappa shape index (κ3) is 4.73. The van der Waals surface area contributed by atoms with E-state index in [2.05, 4.69) is 16.0 Å². The molecule has 0 aliphatic carbocycles. The van der Waals surface area contributed by atoms with Gasteiger partial charge in [-0.2, -0.15) is 0 Å². The number of nitrogens with one attached hydrogen (secondary N) is 3. The van der Waals surface area contributed by atoms with E-state index in [1.807, 2.05) is 31.2 Å². The molecule has 1 aromatic rings. The topological polar surface area (TPSA) is 96.2 Å². The number of aryl methyl sites for hydroxylation is 1. The summed E-state index contributed by atoms with van der Waals surface area (Å²) >= 11 is 0. The summed E-state index contributed by atoms with van der Waals surface area (Å²) in [5.74, 6) is -0.0734. The highest BCUT2D eigenvalue weighted by molar-refractivity contribution is 5.79. The summed E-state index contributed by atoms with van der Waals surface area (Å²) in [7, 11) is 0. The minimum Gasteiger partial charge on any atom is -0.352 e. The number of carbonyl (C=O) groups is 2. The van der Waals surface area contributed by atoms with Gasteiger partial charge in [0, 0.05) is 12.6 Å². The molecule has 1 unspecified atom stereocenters. The zero-order valence-electron chi connectivity index (χ0n) is 12.9. The summed E-state index contributed by atoms with van der Waals surface area (Å²) in [4.78, 5) is 23.5. The lowest BCUT2D eigenvalue weighted by Gasteiger charge is -2.25. The summed E-state index contributed by atoms with van der Waals surface area (Å²) in [6, 6.07) is 6.80. The van der Waals surface area contributed by atoms with Crippen LogP contribution >= 0.6 is 0 Å². The highest BCUT2D eigenvalue weighted by atomic mass is 16.2. The van der Waals surface area contributed by atoms with Crippen molar-refractivity contribution in [2.24, 2.45) is 5.73 Å². The van der Waals surface area contributed by atoms with Crippen LogP contribution in [0.2, 0.25) is 0 Å². The number of hydrogen-bond acceptors (Lipinski definition) is 3. The summed E-state index contributed by atoms with van der Waals surface area (Å²) in [5, 5.41) is 8.95. The fraction of sp³-hybridized carbons (Fsp3) is 0.500. The normalized spacial score (nSPS) is 19.2. The summed E-state index contributed by atoms with van der Waals surface area (Å²) in [6.45, 7) is 3.75. The molecule has 22 heavy (non-hydrogen) atoms. The highest BCUT2D eigenvalue weighted by Gasteiger charge is 2.21. The van der Waals surface area contributed by atoms with Gasteiger partial charge in [0.1, 0.15) is 0 Å². The molecule has 1 saturated heterocycles. The zero-order chi connectivity index (χ0) is 15.9. The molecular formula is C16H24N4O2. The number of nitrogens with two attached hydrogens (primary N) is 1. The Balaban J connectivity index is 2.01. The van der Waals surface area contributed by atoms with Crippen molar-refractivity contribution >= 4 is 11.9 Å². The summed E-state index contributed by atoms with van der Waals surface area (Å²) in [5.41, 5.74) is 7.19. The second-order valence-corrected chi connectivity index (χ2v) is 5.73. The lowest BCUT2D eigenvalue weighted by atomic mass is 9.98. The van der Waals surface area contributed by atoms with E-state index in [0.29, 0.717) is 0 Å². The van der Waals surface area contributed by atoms with E-state index in [-0.39, 0.29) is 18.4 Å². The van der Waals surface area contributed by atoms with E-state index < -0.39 is 12.1 Å². The molecule has 0 saturated carbocycles. The van der Waals surface area contributed by atoms with Gasteiger partial charge in [-0.05, 0) is 37.4 Å². The number of carbonyl (C=O) groups excluding carboxylic acids is 2. The summed E-state index contributed by atoms with van der Waals surface area (Å²) in [6.07, 6.45) is 2.23. The predicted molar refractivity (Wildman–Crippen MR) is 85.3 cm³/mol. The van der Waals surface area contributed by atoms with E-state index in [4.69, 9.17) is 5.73 Å². The second kappa shape index (κ2) is 7.79. The van der Waals surface area contributed by atoms with Crippen LogP contribution in [0.25, 0.3) is 0 Å². The monoisotopic (exact) mass is 304 g/mol. The van der Waals surface area contributed by atoms with Crippen molar-refractivity contribution in [3.8, 4) is 0 Å². The van der Waals surface area contributed by atoms with Crippen LogP contribution in [-0.2, 0) is 4.79 Å². The molecule has 1 fully saturated rings. The first kappa shape index (κ1) is 16.3. The van der Waals surface area contributed by atoms with Gasteiger partial charge in [-0.3, -0.25) is 4.79 Å². The molecule has 120 valence electrons. The molecule has 0 spiro atoms. The Labute approximate surface area is 130 Å². The number of benzene rings is 1. The minimum atomic E-state index is -0.625. The number of hydrogen-bond donors (Lipinski definition) is 4. The predicted octanol–water partition coefficient (Wildman–Crippen LogP) is 0.963. The van der Waals surface area contributed by atoms with Crippen LogP contribution in [-0.4, -0.2) is 31.1 Å². The Morgan fingerprint density at radius 2 is 2.18 bits per heavy atom. The van der Waals surface area contributed by atoms with Gasteiger partial charge in [0.2, 0.25) is 5.91 Å². The Bertz CT molecular complexity index is 527. The van der Waals surface area contributed by atoms with Crippen molar-refractivity contribution in [2.45, 2.75) is 38.3 Å². The van der Waals surface area contributed by atoms with Crippen LogP contribution < -0.4 is 21.7 Å². The number of primary amides is 1. The number of urea groups is 1. The van der Waals surface area contributed by atoms with Gasteiger partial charge in [-0.1, -0.05) is 24.3 Å². The van der Waals surface area contributed by atoms with Crippen LogP contribution in [0.3, 0.4) is 0 Å². The molecule has 6 heteroatoms. The molecule has 1 aliphatic heterocycles. The second-order valence-electron chi connectivity index (χ2n) is 5.73. The van der Waals surface area contributed by atoms with E-state index >= 15 is 0 Å².